The second-order valence-electron chi connectivity index (χ2n) is 5.06. The van der Waals surface area contributed by atoms with Gasteiger partial charge in [0.15, 0.2) is 0 Å². The van der Waals surface area contributed by atoms with Crippen molar-refractivity contribution < 1.29 is 9.53 Å². The minimum Gasteiger partial charge on any atom is -0.378 e. The van der Waals surface area contributed by atoms with Crippen LogP contribution in [0.25, 0.3) is 0 Å². The van der Waals surface area contributed by atoms with E-state index in [1.165, 1.54) is 0 Å². The summed E-state index contributed by atoms with van der Waals surface area (Å²) in [4.78, 5) is 18.7. The van der Waals surface area contributed by atoms with Crippen LogP contribution in [0.4, 0.5) is 0 Å². The number of pyridine rings is 1. The molecule has 5 nitrogen and oxygen atoms in total. The number of hydrogen-bond acceptors (Lipinski definition) is 4. The van der Waals surface area contributed by atoms with Crippen molar-refractivity contribution in [2.75, 3.05) is 26.3 Å². The average Bonchev–Trinajstić information content (AvgIpc) is 2.98. The number of nitrogens with zero attached hydrogens (tertiary/aromatic N) is 2. The molecule has 19 heavy (non-hydrogen) atoms. The van der Waals surface area contributed by atoms with E-state index in [0.29, 0.717) is 13.2 Å². The Balaban J connectivity index is 1.74. The Morgan fingerprint density at radius 2 is 2.47 bits per heavy atom. The molecule has 0 aliphatic carbocycles. The third-order valence-corrected chi connectivity index (χ3v) is 3.82. The van der Waals surface area contributed by atoms with Crippen LogP contribution in [0, 0.1) is 0 Å². The first-order valence-electron chi connectivity index (χ1n) is 6.88. The molecule has 2 fully saturated rings. The van der Waals surface area contributed by atoms with Crippen molar-refractivity contribution in [1.82, 2.24) is 15.2 Å². The Bertz CT molecular complexity index is 432. The highest BCUT2D eigenvalue weighted by Crippen LogP contribution is 2.31. The van der Waals surface area contributed by atoms with Crippen molar-refractivity contribution in [2.24, 2.45) is 0 Å². The highest BCUT2D eigenvalue weighted by Gasteiger charge is 2.34. The minimum absolute atomic E-state index is 0.158. The van der Waals surface area contributed by atoms with Crippen LogP contribution in [-0.2, 0) is 9.53 Å². The molecule has 2 unspecified atom stereocenters. The van der Waals surface area contributed by atoms with Crippen molar-refractivity contribution in [1.29, 1.82) is 0 Å². The van der Waals surface area contributed by atoms with Gasteiger partial charge in [0.05, 0.1) is 19.3 Å². The number of carbonyl (C=O) groups excluding carboxylic acids is 1. The second-order valence-corrected chi connectivity index (χ2v) is 5.06. The summed E-state index contributed by atoms with van der Waals surface area (Å²) in [5.74, 6) is 0.158. The van der Waals surface area contributed by atoms with Gasteiger partial charge in [-0.05, 0) is 24.5 Å². The Morgan fingerprint density at radius 3 is 3.21 bits per heavy atom. The maximum Gasteiger partial charge on any atom is 0.242 e. The average molecular weight is 261 g/mol. The molecule has 2 saturated heterocycles. The first kappa shape index (κ1) is 12.6. The van der Waals surface area contributed by atoms with E-state index in [-0.39, 0.29) is 18.0 Å². The standard InChI is InChI=1S/C14H19N3O2/c18-14(12-10-19-8-6-16-12)17-7-2-4-13(17)11-3-1-5-15-9-11/h1,3,5,9,12-13,16H,2,4,6-8,10H2. The summed E-state index contributed by atoms with van der Waals surface area (Å²) >= 11 is 0. The number of aromatic nitrogens is 1. The third kappa shape index (κ3) is 2.62. The van der Waals surface area contributed by atoms with E-state index in [1.54, 1.807) is 6.20 Å². The van der Waals surface area contributed by atoms with E-state index < -0.39 is 0 Å². The molecule has 0 bridgehead atoms. The zero-order chi connectivity index (χ0) is 13.1. The fourth-order valence-corrected chi connectivity index (χ4v) is 2.87. The van der Waals surface area contributed by atoms with Crippen LogP contribution in [0.5, 0.6) is 0 Å². The van der Waals surface area contributed by atoms with Gasteiger partial charge in [0.2, 0.25) is 5.91 Å². The molecule has 2 aliphatic rings. The molecule has 102 valence electrons. The Morgan fingerprint density at radius 1 is 1.53 bits per heavy atom. The molecule has 1 aromatic rings. The molecule has 2 atom stereocenters. The second kappa shape index (κ2) is 5.67. The Labute approximate surface area is 113 Å². The quantitative estimate of drug-likeness (QED) is 0.853. The summed E-state index contributed by atoms with van der Waals surface area (Å²) in [6, 6.07) is 3.96. The van der Waals surface area contributed by atoms with Gasteiger partial charge in [0.1, 0.15) is 6.04 Å². The van der Waals surface area contributed by atoms with Crippen LogP contribution in [0.1, 0.15) is 24.4 Å². The zero-order valence-corrected chi connectivity index (χ0v) is 10.9. The van der Waals surface area contributed by atoms with Crippen molar-refractivity contribution in [2.45, 2.75) is 24.9 Å². The summed E-state index contributed by atoms with van der Waals surface area (Å²) < 4.78 is 5.38. The predicted molar refractivity (Wildman–Crippen MR) is 70.5 cm³/mol. The van der Waals surface area contributed by atoms with Crippen LogP contribution < -0.4 is 5.32 Å². The molecule has 0 spiro atoms. The van der Waals surface area contributed by atoms with Crippen LogP contribution in [0.2, 0.25) is 0 Å². The molecule has 2 aliphatic heterocycles. The number of amides is 1. The number of carbonyl (C=O) groups is 1. The van der Waals surface area contributed by atoms with Crippen LogP contribution >= 0.6 is 0 Å². The van der Waals surface area contributed by atoms with Crippen molar-refractivity contribution in [3.05, 3.63) is 30.1 Å². The maximum atomic E-state index is 12.5. The van der Waals surface area contributed by atoms with Gasteiger partial charge in [-0.3, -0.25) is 9.78 Å². The number of likely N-dealkylation sites (tertiary alicyclic amines) is 1. The van der Waals surface area contributed by atoms with Gasteiger partial charge < -0.3 is 15.0 Å². The summed E-state index contributed by atoms with van der Waals surface area (Å²) in [5.41, 5.74) is 1.13. The molecule has 1 aromatic heterocycles. The van der Waals surface area contributed by atoms with E-state index in [2.05, 4.69) is 10.3 Å². The fraction of sp³-hybridized carbons (Fsp3) is 0.571. The molecule has 5 heteroatoms. The first-order valence-corrected chi connectivity index (χ1v) is 6.88. The van der Waals surface area contributed by atoms with E-state index in [0.717, 1.165) is 31.5 Å². The monoisotopic (exact) mass is 261 g/mol. The van der Waals surface area contributed by atoms with E-state index >= 15 is 0 Å². The van der Waals surface area contributed by atoms with Gasteiger partial charge in [0, 0.05) is 25.5 Å². The summed E-state index contributed by atoms with van der Waals surface area (Å²) in [6.45, 7) is 2.75. The summed E-state index contributed by atoms with van der Waals surface area (Å²) in [5, 5.41) is 3.24. The van der Waals surface area contributed by atoms with Crippen molar-refractivity contribution >= 4 is 5.91 Å². The van der Waals surface area contributed by atoms with Crippen molar-refractivity contribution in [3.63, 3.8) is 0 Å². The number of morpholine rings is 1. The molecule has 3 rings (SSSR count). The lowest BCUT2D eigenvalue weighted by atomic mass is 10.1. The van der Waals surface area contributed by atoms with Gasteiger partial charge >= 0.3 is 0 Å². The summed E-state index contributed by atoms with van der Waals surface area (Å²) in [7, 11) is 0. The fourth-order valence-electron chi connectivity index (χ4n) is 2.87. The smallest absolute Gasteiger partial charge is 0.242 e. The lowest BCUT2D eigenvalue weighted by molar-refractivity contribution is -0.137. The zero-order valence-electron chi connectivity index (χ0n) is 10.9. The molecule has 0 radical (unpaired) electrons. The number of ether oxygens (including phenoxy) is 1. The molecular weight excluding hydrogens is 242 g/mol. The third-order valence-electron chi connectivity index (χ3n) is 3.82. The summed E-state index contributed by atoms with van der Waals surface area (Å²) in [6.07, 6.45) is 5.70. The van der Waals surface area contributed by atoms with Gasteiger partial charge in [-0.1, -0.05) is 6.07 Å². The molecule has 0 aromatic carbocycles. The van der Waals surface area contributed by atoms with Gasteiger partial charge in [-0.15, -0.1) is 0 Å². The SMILES string of the molecule is O=C(C1COCCN1)N1CCCC1c1cccnc1. The molecular formula is C14H19N3O2. The van der Waals surface area contributed by atoms with E-state index in [1.807, 2.05) is 23.2 Å². The van der Waals surface area contributed by atoms with Crippen LogP contribution in [0.15, 0.2) is 24.5 Å². The van der Waals surface area contributed by atoms with Crippen LogP contribution in [0.3, 0.4) is 0 Å². The molecule has 0 saturated carbocycles. The largest absolute Gasteiger partial charge is 0.378 e. The number of hydrogen-bond donors (Lipinski definition) is 1. The highest BCUT2D eigenvalue weighted by molar-refractivity contribution is 5.82. The predicted octanol–water partition coefficient (Wildman–Crippen LogP) is 0.733. The lowest BCUT2D eigenvalue weighted by Gasteiger charge is -2.31. The molecule has 1 amide bonds. The first-order chi connectivity index (χ1) is 9.36. The highest BCUT2D eigenvalue weighted by atomic mass is 16.5. The minimum atomic E-state index is -0.189. The number of rotatable bonds is 2. The van der Waals surface area contributed by atoms with Crippen LogP contribution in [-0.4, -0.2) is 48.1 Å². The van der Waals surface area contributed by atoms with Crippen molar-refractivity contribution in [3.8, 4) is 0 Å². The number of nitrogens with one attached hydrogen (secondary N) is 1. The molecule has 3 heterocycles. The maximum absolute atomic E-state index is 12.5. The molecule has 1 N–H and O–H groups in total. The Hall–Kier alpha value is -1.46. The van der Waals surface area contributed by atoms with Gasteiger partial charge in [-0.2, -0.15) is 0 Å². The Kier molecular flexibility index (Phi) is 3.75. The normalized spacial score (nSPS) is 27.5. The lowest BCUT2D eigenvalue weighted by Crippen LogP contribution is -2.52. The van der Waals surface area contributed by atoms with E-state index in [9.17, 15) is 4.79 Å². The van der Waals surface area contributed by atoms with Gasteiger partial charge in [0.25, 0.3) is 0 Å². The van der Waals surface area contributed by atoms with E-state index in [4.69, 9.17) is 4.74 Å². The van der Waals surface area contributed by atoms with Gasteiger partial charge in [-0.25, -0.2) is 0 Å². The topological polar surface area (TPSA) is 54.5 Å².